The minimum absolute atomic E-state index is 0.0491. The lowest BCUT2D eigenvalue weighted by molar-refractivity contribution is -0.0890. The highest BCUT2D eigenvalue weighted by Gasteiger charge is 2.23. The summed E-state index contributed by atoms with van der Waals surface area (Å²) in [6, 6.07) is 0.0491. The quantitative estimate of drug-likeness (QED) is 0.683. The smallest absolute Gasteiger partial charge is 0.0933 e. The molecule has 0 bridgehead atoms. The van der Waals surface area contributed by atoms with E-state index in [-0.39, 0.29) is 12.1 Å². The van der Waals surface area contributed by atoms with Crippen molar-refractivity contribution in [2.24, 2.45) is 0 Å². The monoisotopic (exact) mass is 203 g/mol. The van der Waals surface area contributed by atoms with Crippen LogP contribution in [0.1, 0.15) is 20.8 Å². The van der Waals surface area contributed by atoms with Gasteiger partial charge in [-0.05, 0) is 20.8 Å². The molecule has 0 saturated carbocycles. The Labute approximate surface area is 85.6 Å². The van der Waals surface area contributed by atoms with Gasteiger partial charge in [-0.2, -0.15) is 0 Å². The maximum Gasteiger partial charge on any atom is 0.0933 e. The third kappa shape index (κ3) is 3.92. The van der Waals surface area contributed by atoms with Crippen LogP contribution < -0.4 is 5.32 Å². The van der Waals surface area contributed by atoms with Crippen molar-refractivity contribution < 1.29 is 14.6 Å². The lowest BCUT2D eigenvalue weighted by Crippen LogP contribution is -2.48. The van der Waals surface area contributed by atoms with Gasteiger partial charge in [0.2, 0.25) is 0 Å². The first-order valence-electron chi connectivity index (χ1n) is 5.15. The van der Waals surface area contributed by atoms with Crippen LogP contribution in [0.3, 0.4) is 0 Å². The van der Waals surface area contributed by atoms with Gasteiger partial charge in [0.1, 0.15) is 0 Å². The Bertz CT molecular complexity index is 161. The summed E-state index contributed by atoms with van der Waals surface area (Å²) >= 11 is 0. The molecule has 1 rings (SSSR count). The van der Waals surface area contributed by atoms with E-state index in [1.807, 2.05) is 6.92 Å². The van der Waals surface area contributed by atoms with Crippen LogP contribution in [0.4, 0.5) is 0 Å². The van der Waals surface area contributed by atoms with Crippen molar-refractivity contribution in [2.75, 3.05) is 26.4 Å². The zero-order valence-electron chi connectivity index (χ0n) is 9.25. The zero-order valence-corrected chi connectivity index (χ0v) is 9.25. The maximum atomic E-state index is 9.68. The summed E-state index contributed by atoms with van der Waals surface area (Å²) in [6.45, 7) is 8.28. The van der Waals surface area contributed by atoms with Gasteiger partial charge in [0, 0.05) is 12.6 Å². The van der Waals surface area contributed by atoms with E-state index in [9.17, 15) is 5.11 Å². The van der Waals surface area contributed by atoms with Gasteiger partial charge in [0.15, 0.2) is 0 Å². The molecule has 2 unspecified atom stereocenters. The topological polar surface area (TPSA) is 50.7 Å². The van der Waals surface area contributed by atoms with Crippen molar-refractivity contribution in [3.63, 3.8) is 0 Å². The molecule has 2 atom stereocenters. The molecule has 0 aromatic heterocycles. The third-order valence-electron chi connectivity index (χ3n) is 2.60. The van der Waals surface area contributed by atoms with E-state index in [1.54, 1.807) is 13.8 Å². The van der Waals surface area contributed by atoms with Crippen LogP contribution >= 0.6 is 0 Å². The minimum Gasteiger partial charge on any atom is -0.389 e. The Morgan fingerprint density at radius 2 is 2.21 bits per heavy atom. The standard InChI is InChI=1S/C10H21NO3/c1-8(10(2,3)12)11-6-9-7-13-4-5-14-9/h8-9,11-12H,4-7H2,1-3H3. The van der Waals surface area contributed by atoms with Crippen molar-refractivity contribution in [2.45, 2.75) is 38.5 Å². The molecule has 14 heavy (non-hydrogen) atoms. The average molecular weight is 203 g/mol. The summed E-state index contributed by atoms with van der Waals surface area (Å²) in [6.07, 6.45) is 0.119. The first-order chi connectivity index (χ1) is 6.50. The molecule has 1 heterocycles. The molecule has 1 fully saturated rings. The van der Waals surface area contributed by atoms with Crippen molar-refractivity contribution in [3.8, 4) is 0 Å². The summed E-state index contributed by atoms with van der Waals surface area (Å²) in [5, 5.41) is 12.9. The van der Waals surface area contributed by atoms with Crippen LogP contribution in [0, 0.1) is 0 Å². The van der Waals surface area contributed by atoms with Gasteiger partial charge in [-0.1, -0.05) is 0 Å². The number of hydrogen-bond donors (Lipinski definition) is 2. The van der Waals surface area contributed by atoms with E-state index in [0.717, 1.165) is 6.54 Å². The minimum atomic E-state index is -0.699. The molecule has 0 spiro atoms. The summed E-state index contributed by atoms with van der Waals surface area (Å²) in [4.78, 5) is 0. The fourth-order valence-corrected chi connectivity index (χ4v) is 1.21. The fraction of sp³-hybridized carbons (Fsp3) is 1.00. The lowest BCUT2D eigenvalue weighted by atomic mass is 10.0. The molecule has 0 aromatic carbocycles. The van der Waals surface area contributed by atoms with Gasteiger partial charge >= 0.3 is 0 Å². The van der Waals surface area contributed by atoms with Crippen molar-refractivity contribution >= 4 is 0 Å². The van der Waals surface area contributed by atoms with Crippen LogP contribution in [0.25, 0.3) is 0 Å². The molecule has 0 radical (unpaired) electrons. The highest BCUT2D eigenvalue weighted by Crippen LogP contribution is 2.08. The Morgan fingerprint density at radius 1 is 1.50 bits per heavy atom. The second kappa shape index (κ2) is 5.07. The number of hydrogen-bond acceptors (Lipinski definition) is 4. The highest BCUT2D eigenvalue weighted by molar-refractivity contribution is 4.80. The number of nitrogens with one attached hydrogen (secondary N) is 1. The summed E-state index contributed by atoms with van der Waals surface area (Å²) in [7, 11) is 0. The maximum absolute atomic E-state index is 9.68. The Morgan fingerprint density at radius 3 is 2.71 bits per heavy atom. The molecule has 84 valence electrons. The van der Waals surface area contributed by atoms with E-state index in [2.05, 4.69) is 5.32 Å². The van der Waals surface area contributed by atoms with Crippen LogP contribution in [0.2, 0.25) is 0 Å². The molecule has 4 heteroatoms. The van der Waals surface area contributed by atoms with E-state index in [0.29, 0.717) is 19.8 Å². The fourth-order valence-electron chi connectivity index (χ4n) is 1.21. The van der Waals surface area contributed by atoms with Crippen LogP contribution in [-0.2, 0) is 9.47 Å². The largest absolute Gasteiger partial charge is 0.389 e. The van der Waals surface area contributed by atoms with Crippen LogP contribution in [0.5, 0.6) is 0 Å². The number of rotatable bonds is 4. The van der Waals surface area contributed by atoms with Gasteiger partial charge < -0.3 is 19.9 Å². The predicted octanol–water partition coefficient (Wildman–Crippen LogP) is 0.151. The molecule has 1 aliphatic heterocycles. The number of ether oxygens (including phenoxy) is 2. The van der Waals surface area contributed by atoms with Gasteiger partial charge in [-0.3, -0.25) is 0 Å². The van der Waals surface area contributed by atoms with Gasteiger partial charge in [-0.25, -0.2) is 0 Å². The Kier molecular flexibility index (Phi) is 4.31. The molecule has 1 aliphatic rings. The SMILES string of the molecule is CC(NCC1COCCO1)C(C)(C)O. The molecular formula is C10H21NO3. The molecule has 0 aromatic rings. The summed E-state index contributed by atoms with van der Waals surface area (Å²) < 4.78 is 10.7. The van der Waals surface area contributed by atoms with Crippen molar-refractivity contribution in [1.82, 2.24) is 5.32 Å². The normalized spacial score (nSPS) is 26.1. The predicted molar refractivity (Wildman–Crippen MR) is 54.3 cm³/mol. The zero-order chi connectivity index (χ0) is 10.6. The number of aliphatic hydroxyl groups is 1. The van der Waals surface area contributed by atoms with Crippen LogP contribution in [-0.4, -0.2) is 49.2 Å². The third-order valence-corrected chi connectivity index (χ3v) is 2.60. The highest BCUT2D eigenvalue weighted by atomic mass is 16.6. The molecule has 1 saturated heterocycles. The van der Waals surface area contributed by atoms with E-state index < -0.39 is 5.60 Å². The second-order valence-corrected chi connectivity index (χ2v) is 4.35. The second-order valence-electron chi connectivity index (χ2n) is 4.35. The lowest BCUT2D eigenvalue weighted by Gasteiger charge is -2.30. The Balaban J connectivity index is 2.19. The summed E-state index contributed by atoms with van der Waals surface area (Å²) in [5.74, 6) is 0. The molecule has 2 N–H and O–H groups in total. The van der Waals surface area contributed by atoms with Crippen molar-refractivity contribution in [3.05, 3.63) is 0 Å². The molecule has 4 nitrogen and oxygen atoms in total. The molecule has 0 amide bonds. The van der Waals surface area contributed by atoms with Gasteiger partial charge in [0.25, 0.3) is 0 Å². The molecular weight excluding hydrogens is 182 g/mol. The first-order valence-corrected chi connectivity index (χ1v) is 5.15. The van der Waals surface area contributed by atoms with Gasteiger partial charge in [0.05, 0.1) is 31.5 Å². The molecule has 0 aliphatic carbocycles. The van der Waals surface area contributed by atoms with Crippen molar-refractivity contribution in [1.29, 1.82) is 0 Å². The average Bonchev–Trinajstić information content (AvgIpc) is 2.14. The van der Waals surface area contributed by atoms with E-state index in [4.69, 9.17) is 9.47 Å². The van der Waals surface area contributed by atoms with Crippen LogP contribution in [0.15, 0.2) is 0 Å². The van der Waals surface area contributed by atoms with E-state index >= 15 is 0 Å². The van der Waals surface area contributed by atoms with E-state index in [1.165, 1.54) is 0 Å². The summed E-state index contributed by atoms with van der Waals surface area (Å²) in [5.41, 5.74) is -0.699. The first kappa shape index (κ1) is 11.9. The Hall–Kier alpha value is -0.160. The van der Waals surface area contributed by atoms with Gasteiger partial charge in [-0.15, -0.1) is 0 Å².